The van der Waals surface area contributed by atoms with Crippen molar-refractivity contribution in [1.82, 2.24) is 0 Å². The molecule has 0 aromatic rings. The highest BCUT2D eigenvalue weighted by Crippen LogP contribution is 2.47. The molecule has 13 heavy (non-hydrogen) atoms. The Morgan fingerprint density at radius 2 is 1.85 bits per heavy atom. The van der Waals surface area contributed by atoms with Gasteiger partial charge in [-0.1, -0.05) is 47.0 Å². The fourth-order valence-electron chi connectivity index (χ4n) is 3.08. The van der Waals surface area contributed by atoms with Gasteiger partial charge in [0.15, 0.2) is 0 Å². The van der Waals surface area contributed by atoms with Crippen LogP contribution >= 0.6 is 0 Å². The molecule has 0 nitrogen and oxygen atoms in total. The maximum absolute atomic E-state index is 2.36. The minimum Gasteiger partial charge on any atom is -0.0654 e. The highest BCUT2D eigenvalue weighted by atomic mass is 14.4. The first kappa shape index (κ1) is 11.1. The van der Waals surface area contributed by atoms with Crippen molar-refractivity contribution < 1.29 is 0 Å². The topological polar surface area (TPSA) is 0 Å². The van der Waals surface area contributed by atoms with Crippen molar-refractivity contribution in [3.05, 3.63) is 0 Å². The lowest BCUT2D eigenvalue weighted by molar-refractivity contribution is 0.0433. The maximum Gasteiger partial charge on any atom is -0.0357 e. The van der Waals surface area contributed by atoms with Gasteiger partial charge in [-0.25, -0.2) is 0 Å². The lowest BCUT2D eigenvalue weighted by atomic mass is 9.60. The minimum absolute atomic E-state index is 0.905. The summed E-state index contributed by atoms with van der Waals surface area (Å²) in [4.78, 5) is 0. The normalized spacial score (nSPS) is 33.5. The van der Waals surface area contributed by atoms with E-state index in [9.17, 15) is 0 Å². The van der Waals surface area contributed by atoms with Crippen molar-refractivity contribution >= 4 is 0 Å². The molecule has 0 heteroatoms. The summed E-state index contributed by atoms with van der Waals surface area (Å²) in [7, 11) is 0. The molecule has 0 spiro atoms. The molecule has 1 fully saturated rings. The van der Waals surface area contributed by atoms with Crippen LogP contribution in [0.2, 0.25) is 0 Å². The van der Waals surface area contributed by atoms with E-state index in [1.165, 1.54) is 32.1 Å². The van der Waals surface area contributed by atoms with Crippen LogP contribution in [-0.2, 0) is 0 Å². The molecule has 3 unspecified atom stereocenters. The molecule has 3 atom stereocenters. The van der Waals surface area contributed by atoms with Crippen molar-refractivity contribution in [2.24, 2.45) is 23.7 Å². The lowest BCUT2D eigenvalue weighted by Crippen LogP contribution is -2.37. The smallest absolute Gasteiger partial charge is 0.0357 e. The predicted molar refractivity (Wildman–Crippen MR) is 59.7 cm³/mol. The second kappa shape index (κ2) is 5.02. The third-order valence-electron chi connectivity index (χ3n) is 3.74. The van der Waals surface area contributed by atoms with Gasteiger partial charge in [0.1, 0.15) is 0 Å². The van der Waals surface area contributed by atoms with Crippen LogP contribution in [-0.4, -0.2) is 0 Å². The first-order valence-electron chi connectivity index (χ1n) is 6.19. The highest BCUT2D eigenvalue weighted by molar-refractivity contribution is 4.88. The summed E-state index contributed by atoms with van der Waals surface area (Å²) in [5, 5.41) is 0. The van der Waals surface area contributed by atoms with Crippen molar-refractivity contribution in [2.45, 2.75) is 59.8 Å². The molecule has 1 aliphatic rings. The Morgan fingerprint density at radius 1 is 1.15 bits per heavy atom. The third kappa shape index (κ3) is 2.72. The zero-order chi connectivity index (χ0) is 9.84. The van der Waals surface area contributed by atoms with Gasteiger partial charge in [0.2, 0.25) is 0 Å². The molecule has 1 rings (SSSR count). The molecule has 0 bridgehead atoms. The summed E-state index contributed by atoms with van der Waals surface area (Å²) in [6.45, 7) is 9.42. The Bertz CT molecular complexity index is 137. The second-order valence-electron chi connectivity index (χ2n) is 5.25. The van der Waals surface area contributed by atoms with Gasteiger partial charge in [-0.15, -0.1) is 0 Å². The van der Waals surface area contributed by atoms with E-state index in [0.717, 1.165) is 23.7 Å². The molecule has 0 heterocycles. The summed E-state index contributed by atoms with van der Waals surface area (Å²) >= 11 is 0. The Hall–Kier alpha value is 0. The van der Waals surface area contributed by atoms with Gasteiger partial charge in [-0.3, -0.25) is 0 Å². The van der Waals surface area contributed by atoms with Crippen LogP contribution in [0.1, 0.15) is 59.8 Å². The second-order valence-corrected chi connectivity index (χ2v) is 5.25. The molecule has 0 aliphatic heterocycles. The quantitative estimate of drug-likeness (QED) is 0.587. The molecule has 78 valence electrons. The number of hydrogen-bond acceptors (Lipinski definition) is 0. The van der Waals surface area contributed by atoms with E-state index < -0.39 is 0 Å². The van der Waals surface area contributed by atoms with E-state index >= 15 is 0 Å². The van der Waals surface area contributed by atoms with Gasteiger partial charge in [0.05, 0.1) is 0 Å². The zero-order valence-corrected chi connectivity index (χ0v) is 9.84. The van der Waals surface area contributed by atoms with E-state index in [-0.39, 0.29) is 0 Å². The molecule has 1 saturated carbocycles. The lowest BCUT2D eigenvalue weighted by Gasteiger charge is -2.46. The molecule has 0 aromatic heterocycles. The fraction of sp³-hybridized carbons (Fsp3) is 1.00. The van der Waals surface area contributed by atoms with Crippen LogP contribution in [0.4, 0.5) is 0 Å². The van der Waals surface area contributed by atoms with Crippen LogP contribution in [0.15, 0.2) is 0 Å². The molecular formula is C13H26. The third-order valence-corrected chi connectivity index (χ3v) is 3.74. The maximum atomic E-state index is 2.36. The van der Waals surface area contributed by atoms with Crippen molar-refractivity contribution in [3.63, 3.8) is 0 Å². The molecule has 0 amide bonds. The number of hydrogen-bond donors (Lipinski definition) is 0. The van der Waals surface area contributed by atoms with Gasteiger partial charge in [-0.2, -0.15) is 0 Å². The summed E-state index contributed by atoms with van der Waals surface area (Å²) in [6.07, 6.45) is 7.28. The Balaban J connectivity index is 2.32. The Labute approximate surface area is 84.1 Å². The van der Waals surface area contributed by atoms with Crippen LogP contribution in [0.25, 0.3) is 0 Å². The average Bonchev–Trinajstić information content (AvgIpc) is 2.07. The van der Waals surface area contributed by atoms with E-state index in [0.29, 0.717) is 0 Å². The standard InChI is InChI=1S/C13H26/c1-5-7-13-11(6-2)9-12(13)8-10(3)4/h10-13H,5-9H2,1-4H3. The van der Waals surface area contributed by atoms with Crippen LogP contribution in [0.5, 0.6) is 0 Å². The van der Waals surface area contributed by atoms with E-state index in [1.54, 1.807) is 0 Å². The summed E-state index contributed by atoms with van der Waals surface area (Å²) < 4.78 is 0. The Kier molecular flexibility index (Phi) is 4.28. The van der Waals surface area contributed by atoms with Gasteiger partial charge in [0, 0.05) is 0 Å². The van der Waals surface area contributed by atoms with Gasteiger partial charge in [0.25, 0.3) is 0 Å². The fourth-order valence-corrected chi connectivity index (χ4v) is 3.08. The molecule has 0 N–H and O–H groups in total. The van der Waals surface area contributed by atoms with Crippen molar-refractivity contribution in [2.75, 3.05) is 0 Å². The monoisotopic (exact) mass is 182 g/mol. The summed E-state index contributed by atoms with van der Waals surface area (Å²) in [5.41, 5.74) is 0. The largest absolute Gasteiger partial charge is 0.0654 e. The van der Waals surface area contributed by atoms with Crippen molar-refractivity contribution in [3.8, 4) is 0 Å². The van der Waals surface area contributed by atoms with E-state index in [4.69, 9.17) is 0 Å². The SMILES string of the molecule is CCCC1C(CC)CC1CC(C)C. The zero-order valence-electron chi connectivity index (χ0n) is 9.84. The molecular weight excluding hydrogens is 156 g/mol. The number of rotatable bonds is 5. The molecule has 0 saturated heterocycles. The first-order valence-corrected chi connectivity index (χ1v) is 6.19. The van der Waals surface area contributed by atoms with E-state index in [2.05, 4.69) is 27.7 Å². The predicted octanol–water partition coefficient (Wildman–Crippen LogP) is 4.49. The van der Waals surface area contributed by atoms with Gasteiger partial charge in [-0.05, 0) is 36.5 Å². The first-order chi connectivity index (χ1) is 6.19. The van der Waals surface area contributed by atoms with Crippen molar-refractivity contribution in [1.29, 1.82) is 0 Å². The summed E-state index contributed by atoms with van der Waals surface area (Å²) in [6, 6.07) is 0. The van der Waals surface area contributed by atoms with Crippen LogP contribution in [0, 0.1) is 23.7 Å². The minimum atomic E-state index is 0.905. The van der Waals surface area contributed by atoms with Gasteiger partial charge >= 0.3 is 0 Å². The highest BCUT2D eigenvalue weighted by Gasteiger charge is 2.38. The van der Waals surface area contributed by atoms with Gasteiger partial charge < -0.3 is 0 Å². The van der Waals surface area contributed by atoms with E-state index in [1.807, 2.05) is 0 Å². The van der Waals surface area contributed by atoms with Crippen LogP contribution < -0.4 is 0 Å². The average molecular weight is 182 g/mol. The van der Waals surface area contributed by atoms with Crippen LogP contribution in [0.3, 0.4) is 0 Å². The molecule has 0 radical (unpaired) electrons. The molecule has 0 aromatic carbocycles. The molecule has 1 aliphatic carbocycles. The Morgan fingerprint density at radius 3 is 2.31 bits per heavy atom. The summed E-state index contributed by atoms with van der Waals surface area (Å²) in [5.74, 6) is 4.13.